The van der Waals surface area contributed by atoms with Gasteiger partial charge in [-0.15, -0.1) is 35.3 Å². The second-order valence-electron chi connectivity index (χ2n) is 4.53. The van der Waals surface area contributed by atoms with Crippen LogP contribution in [0.5, 0.6) is 0 Å². The SMILES string of the molecule is C=C[Si](Cl)(O[Si](Cl)(C=C)c1ccccc1)c1ccccc1. The Morgan fingerprint density at radius 1 is 0.714 bits per heavy atom. The minimum Gasteiger partial charge on any atom is -0.420 e. The van der Waals surface area contributed by atoms with Crippen LogP contribution in [0.4, 0.5) is 0 Å². The highest BCUT2D eigenvalue weighted by Gasteiger charge is 2.43. The summed E-state index contributed by atoms with van der Waals surface area (Å²) in [5.74, 6) is 0. The van der Waals surface area contributed by atoms with E-state index in [2.05, 4.69) is 13.2 Å². The lowest BCUT2D eigenvalue weighted by atomic mass is 10.4. The van der Waals surface area contributed by atoms with E-state index >= 15 is 0 Å². The van der Waals surface area contributed by atoms with E-state index in [1.165, 1.54) is 0 Å². The van der Waals surface area contributed by atoms with Crippen molar-refractivity contribution in [2.45, 2.75) is 0 Å². The van der Waals surface area contributed by atoms with Crippen LogP contribution in [-0.2, 0) is 4.12 Å². The van der Waals surface area contributed by atoms with Gasteiger partial charge in [0, 0.05) is 0 Å². The first-order valence-corrected chi connectivity index (χ1v) is 12.5. The summed E-state index contributed by atoms with van der Waals surface area (Å²) in [7, 11) is -5.69. The van der Waals surface area contributed by atoms with Crippen LogP contribution >= 0.6 is 22.2 Å². The summed E-state index contributed by atoms with van der Waals surface area (Å²) >= 11 is 13.5. The van der Waals surface area contributed by atoms with E-state index in [4.69, 9.17) is 26.3 Å². The van der Waals surface area contributed by atoms with Crippen LogP contribution in [0.2, 0.25) is 0 Å². The van der Waals surface area contributed by atoms with Crippen molar-refractivity contribution in [3.05, 3.63) is 85.2 Å². The zero-order valence-electron chi connectivity index (χ0n) is 11.5. The van der Waals surface area contributed by atoms with Gasteiger partial charge < -0.3 is 4.12 Å². The van der Waals surface area contributed by atoms with Gasteiger partial charge in [-0.1, -0.05) is 72.1 Å². The van der Waals surface area contributed by atoms with Crippen LogP contribution in [0, 0.1) is 0 Å². The Hall–Kier alpha value is -1.11. The van der Waals surface area contributed by atoms with Crippen molar-refractivity contribution in [1.29, 1.82) is 0 Å². The molecule has 0 radical (unpaired) electrons. The predicted octanol–water partition coefficient (Wildman–Crippen LogP) is 3.63. The highest BCUT2D eigenvalue weighted by atomic mass is 35.6. The van der Waals surface area contributed by atoms with Crippen LogP contribution < -0.4 is 10.4 Å². The van der Waals surface area contributed by atoms with Crippen LogP contribution in [0.15, 0.2) is 85.2 Å². The van der Waals surface area contributed by atoms with Gasteiger partial charge in [-0.05, 0) is 10.4 Å². The molecule has 2 unspecified atom stereocenters. The third-order valence-electron chi connectivity index (χ3n) is 3.16. The van der Waals surface area contributed by atoms with Crippen molar-refractivity contribution >= 4 is 47.8 Å². The van der Waals surface area contributed by atoms with Crippen molar-refractivity contribution < 1.29 is 4.12 Å². The van der Waals surface area contributed by atoms with E-state index in [1.54, 1.807) is 11.4 Å². The minimum atomic E-state index is -2.84. The van der Waals surface area contributed by atoms with E-state index in [9.17, 15) is 0 Å². The van der Waals surface area contributed by atoms with Gasteiger partial charge in [0.05, 0.1) is 0 Å². The highest BCUT2D eigenvalue weighted by molar-refractivity contribution is 7.35. The molecule has 0 aliphatic rings. The van der Waals surface area contributed by atoms with E-state index in [0.717, 1.165) is 10.4 Å². The maximum absolute atomic E-state index is 6.76. The van der Waals surface area contributed by atoms with Gasteiger partial charge in [0.15, 0.2) is 0 Å². The fourth-order valence-electron chi connectivity index (χ4n) is 1.98. The zero-order chi connectivity index (χ0) is 15.3. The number of benzene rings is 2. The second-order valence-corrected chi connectivity index (χ2v) is 13.3. The molecule has 0 aliphatic carbocycles. The second kappa shape index (κ2) is 6.77. The highest BCUT2D eigenvalue weighted by Crippen LogP contribution is 2.23. The number of rotatable bonds is 6. The van der Waals surface area contributed by atoms with E-state index in [-0.39, 0.29) is 0 Å². The minimum absolute atomic E-state index is 0.928. The molecule has 108 valence electrons. The normalized spacial score (nSPS) is 16.5. The lowest BCUT2D eigenvalue weighted by Gasteiger charge is -2.31. The van der Waals surface area contributed by atoms with Crippen molar-refractivity contribution in [3.63, 3.8) is 0 Å². The van der Waals surface area contributed by atoms with Crippen LogP contribution in [0.1, 0.15) is 0 Å². The molecule has 5 heteroatoms. The first-order valence-electron chi connectivity index (χ1n) is 6.50. The molecular weight excluding hydrogens is 335 g/mol. The summed E-state index contributed by atoms with van der Waals surface area (Å²) in [6.07, 6.45) is 0. The first-order chi connectivity index (χ1) is 10.0. The molecule has 2 rings (SSSR count). The van der Waals surface area contributed by atoms with Crippen LogP contribution in [0.25, 0.3) is 0 Å². The Labute approximate surface area is 137 Å². The standard InChI is InChI=1S/C16H16Cl2OSi2/c1-3-20(17,15-11-7-5-8-12-15)19-21(18,4-2)16-13-9-6-10-14-16/h3-14H,1-2H2. The molecule has 0 bridgehead atoms. The molecule has 1 nitrogen and oxygen atoms in total. The zero-order valence-corrected chi connectivity index (χ0v) is 15.0. The summed E-state index contributed by atoms with van der Waals surface area (Å²) in [5.41, 5.74) is 3.39. The molecule has 2 atom stereocenters. The quantitative estimate of drug-likeness (QED) is 0.570. The van der Waals surface area contributed by atoms with Crippen molar-refractivity contribution in [2.24, 2.45) is 0 Å². The van der Waals surface area contributed by atoms with Crippen molar-refractivity contribution in [3.8, 4) is 0 Å². The monoisotopic (exact) mass is 350 g/mol. The summed E-state index contributed by atoms with van der Waals surface area (Å²) in [6.45, 7) is 7.71. The van der Waals surface area contributed by atoms with Crippen LogP contribution in [-0.4, -0.2) is 15.3 Å². The Morgan fingerprint density at radius 2 is 1.05 bits per heavy atom. The van der Waals surface area contributed by atoms with Gasteiger partial charge in [-0.25, -0.2) is 0 Å². The number of hydrogen-bond donors (Lipinski definition) is 0. The van der Waals surface area contributed by atoms with E-state index in [1.807, 2.05) is 60.7 Å². The molecule has 0 amide bonds. The fourth-order valence-corrected chi connectivity index (χ4v) is 10.4. The predicted molar refractivity (Wildman–Crippen MR) is 96.8 cm³/mol. The molecule has 0 saturated carbocycles. The molecule has 21 heavy (non-hydrogen) atoms. The van der Waals surface area contributed by atoms with E-state index < -0.39 is 15.3 Å². The van der Waals surface area contributed by atoms with Gasteiger partial charge >= 0.3 is 15.3 Å². The summed E-state index contributed by atoms with van der Waals surface area (Å²) < 4.78 is 6.27. The molecule has 2 aromatic carbocycles. The number of halogens is 2. The lowest BCUT2D eigenvalue weighted by Crippen LogP contribution is -2.56. The third kappa shape index (κ3) is 3.56. The van der Waals surface area contributed by atoms with Crippen LogP contribution in [0.3, 0.4) is 0 Å². The van der Waals surface area contributed by atoms with Crippen molar-refractivity contribution in [1.82, 2.24) is 0 Å². The largest absolute Gasteiger partial charge is 0.420 e. The Bertz CT molecular complexity index is 565. The topological polar surface area (TPSA) is 9.23 Å². The van der Waals surface area contributed by atoms with E-state index in [0.29, 0.717) is 0 Å². The van der Waals surface area contributed by atoms with Gasteiger partial charge in [0.2, 0.25) is 0 Å². The molecule has 0 aromatic heterocycles. The molecular formula is C16H16Cl2OSi2. The first kappa shape index (κ1) is 16.3. The van der Waals surface area contributed by atoms with Gasteiger partial charge in [-0.3, -0.25) is 0 Å². The molecule has 2 aromatic rings. The average Bonchev–Trinajstić information content (AvgIpc) is 2.56. The molecule has 0 saturated heterocycles. The molecule has 0 spiro atoms. The lowest BCUT2D eigenvalue weighted by molar-refractivity contribution is 0.614. The van der Waals surface area contributed by atoms with Gasteiger partial charge in [0.25, 0.3) is 0 Å². The maximum atomic E-state index is 6.76. The summed E-state index contributed by atoms with van der Waals surface area (Å²) in [5, 5.41) is 1.86. The van der Waals surface area contributed by atoms with Gasteiger partial charge in [-0.2, -0.15) is 0 Å². The summed E-state index contributed by atoms with van der Waals surface area (Å²) in [6, 6.07) is 19.4. The summed E-state index contributed by atoms with van der Waals surface area (Å²) in [4.78, 5) is 0. The molecule has 0 heterocycles. The Kier molecular flexibility index (Phi) is 5.24. The molecule has 0 fully saturated rings. The fraction of sp³-hybridized carbons (Fsp3) is 0. The average molecular weight is 351 g/mol. The smallest absolute Gasteiger partial charge is 0.338 e. The maximum Gasteiger partial charge on any atom is 0.338 e. The molecule has 0 aliphatic heterocycles. The van der Waals surface area contributed by atoms with Crippen molar-refractivity contribution in [2.75, 3.05) is 0 Å². The Morgan fingerprint density at radius 3 is 1.33 bits per heavy atom. The van der Waals surface area contributed by atoms with Gasteiger partial charge in [0.1, 0.15) is 0 Å². The third-order valence-corrected chi connectivity index (χ3v) is 12.4. The molecule has 0 N–H and O–H groups in total. The number of hydrogen-bond acceptors (Lipinski definition) is 1. The Balaban J connectivity index is 2.40.